The molecule has 1 aromatic carbocycles. The summed E-state index contributed by atoms with van der Waals surface area (Å²) in [5, 5.41) is 17.7. The topological polar surface area (TPSA) is 67.2 Å². The van der Waals surface area contributed by atoms with Crippen molar-refractivity contribution < 1.29 is 9.90 Å². The summed E-state index contributed by atoms with van der Waals surface area (Å²) < 4.78 is 1.81. The lowest BCUT2D eigenvalue weighted by Gasteiger charge is -2.14. The molecular formula is C27H29N3O2. The van der Waals surface area contributed by atoms with Crippen LogP contribution >= 0.6 is 0 Å². The minimum atomic E-state index is -1.08. The number of aliphatic carboxylic acids is 1. The first kappa shape index (κ1) is 22.8. The largest absolute Gasteiger partial charge is 0.478 e. The molecule has 1 aliphatic rings. The van der Waals surface area contributed by atoms with Crippen molar-refractivity contribution >= 4 is 17.4 Å². The lowest BCUT2D eigenvalue weighted by Crippen LogP contribution is -2.12. The van der Waals surface area contributed by atoms with Crippen molar-refractivity contribution in [3.05, 3.63) is 107 Å². The third-order valence-corrected chi connectivity index (χ3v) is 5.06. The van der Waals surface area contributed by atoms with Gasteiger partial charge in [0.05, 0.1) is 22.7 Å². The Hall–Kier alpha value is -3.86. The summed E-state index contributed by atoms with van der Waals surface area (Å²) in [4.78, 5) is 11.7. The highest BCUT2D eigenvalue weighted by molar-refractivity contribution is 5.92. The quantitative estimate of drug-likeness (QED) is 0.398. The molecule has 5 heteroatoms. The average Bonchev–Trinajstić information content (AvgIpc) is 3.03. The van der Waals surface area contributed by atoms with E-state index in [-0.39, 0.29) is 5.57 Å². The molecule has 0 fully saturated rings. The van der Waals surface area contributed by atoms with Gasteiger partial charge in [-0.2, -0.15) is 5.10 Å². The van der Waals surface area contributed by atoms with Crippen LogP contribution in [-0.2, 0) is 4.79 Å². The van der Waals surface area contributed by atoms with E-state index in [2.05, 4.69) is 43.1 Å². The van der Waals surface area contributed by atoms with Crippen LogP contribution in [0.3, 0.4) is 0 Å². The molecule has 0 unspecified atom stereocenters. The number of allylic oxidation sites excluding steroid dienone is 9. The highest BCUT2D eigenvalue weighted by Crippen LogP contribution is 2.28. The molecule has 5 nitrogen and oxygen atoms in total. The Labute approximate surface area is 189 Å². The van der Waals surface area contributed by atoms with Gasteiger partial charge in [0.25, 0.3) is 0 Å². The first-order valence-electron chi connectivity index (χ1n) is 10.5. The van der Waals surface area contributed by atoms with E-state index in [4.69, 9.17) is 5.10 Å². The van der Waals surface area contributed by atoms with Crippen LogP contribution in [0.15, 0.2) is 95.8 Å². The predicted molar refractivity (Wildman–Crippen MR) is 132 cm³/mol. The van der Waals surface area contributed by atoms with Gasteiger partial charge in [-0.05, 0) is 51.8 Å². The molecule has 0 atom stereocenters. The molecule has 1 aliphatic carbocycles. The van der Waals surface area contributed by atoms with Gasteiger partial charge in [0.2, 0.25) is 0 Å². The summed E-state index contributed by atoms with van der Waals surface area (Å²) in [5.41, 5.74) is 6.45. The Morgan fingerprint density at radius 2 is 1.94 bits per heavy atom. The second kappa shape index (κ2) is 9.96. The van der Waals surface area contributed by atoms with Crippen molar-refractivity contribution in [1.82, 2.24) is 9.78 Å². The van der Waals surface area contributed by atoms with Gasteiger partial charge in [0.1, 0.15) is 5.82 Å². The normalized spacial score (nSPS) is 13.7. The molecule has 0 spiro atoms. The Kier molecular flexibility index (Phi) is 7.11. The molecule has 1 aromatic heterocycles. The van der Waals surface area contributed by atoms with E-state index >= 15 is 0 Å². The second-order valence-electron chi connectivity index (χ2n) is 8.09. The van der Waals surface area contributed by atoms with Gasteiger partial charge >= 0.3 is 5.97 Å². The SMILES string of the molecule is C=C(C(=O)O)/C(=C\C=C(C)C)Nc1cc(C2=CC=C(C)CC=C2)nn1-c1ccccc1C. The maximum Gasteiger partial charge on any atom is 0.337 e. The third kappa shape index (κ3) is 5.43. The van der Waals surface area contributed by atoms with E-state index in [1.54, 1.807) is 6.08 Å². The maximum atomic E-state index is 11.7. The number of benzene rings is 1. The molecule has 32 heavy (non-hydrogen) atoms. The summed E-state index contributed by atoms with van der Waals surface area (Å²) in [6.07, 6.45) is 12.8. The zero-order valence-electron chi connectivity index (χ0n) is 19.0. The number of carboxylic acid groups (broad SMARTS) is 1. The number of nitrogens with one attached hydrogen (secondary N) is 1. The lowest BCUT2D eigenvalue weighted by atomic mass is 10.1. The highest BCUT2D eigenvalue weighted by Gasteiger charge is 2.17. The van der Waals surface area contributed by atoms with E-state index < -0.39 is 5.97 Å². The number of carbonyl (C=O) groups is 1. The van der Waals surface area contributed by atoms with Crippen molar-refractivity contribution in [3.8, 4) is 5.69 Å². The van der Waals surface area contributed by atoms with Crippen LogP contribution in [0.4, 0.5) is 5.82 Å². The molecule has 0 saturated carbocycles. The summed E-state index contributed by atoms with van der Waals surface area (Å²) >= 11 is 0. The molecule has 164 valence electrons. The predicted octanol–water partition coefficient (Wildman–Crippen LogP) is 6.37. The zero-order valence-corrected chi connectivity index (χ0v) is 19.0. The maximum absolute atomic E-state index is 11.7. The minimum absolute atomic E-state index is 0.0197. The summed E-state index contributed by atoms with van der Waals surface area (Å²) in [6, 6.07) is 9.88. The standard InChI is InChI=1S/C27H29N3O2/c1-18(2)13-16-23(21(5)27(31)32)28-26-17-24(22-11-8-9-19(3)14-15-22)29-30(26)25-12-7-6-10-20(25)4/h6-8,10-17,28H,5,9H2,1-4H3,(H,31,32)/b23-16+. The van der Waals surface area contributed by atoms with Crippen molar-refractivity contribution in [1.29, 1.82) is 0 Å². The number of nitrogens with zero attached hydrogens (tertiary/aromatic N) is 2. The first-order valence-corrected chi connectivity index (χ1v) is 10.5. The number of anilines is 1. The van der Waals surface area contributed by atoms with Crippen molar-refractivity contribution in [3.63, 3.8) is 0 Å². The van der Waals surface area contributed by atoms with E-state index in [1.165, 1.54) is 5.57 Å². The molecule has 0 radical (unpaired) electrons. The number of hydrogen-bond acceptors (Lipinski definition) is 3. The number of hydrogen-bond donors (Lipinski definition) is 2. The van der Waals surface area contributed by atoms with E-state index in [0.29, 0.717) is 11.5 Å². The molecule has 0 bridgehead atoms. The fourth-order valence-electron chi connectivity index (χ4n) is 3.21. The number of aromatic nitrogens is 2. The molecular weight excluding hydrogens is 398 g/mol. The van der Waals surface area contributed by atoms with Crippen LogP contribution in [-0.4, -0.2) is 20.9 Å². The summed E-state index contributed by atoms with van der Waals surface area (Å²) in [7, 11) is 0. The molecule has 1 heterocycles. The molecule has 0 saturated heterocycles. The first-order chi connectivity index (χ1) is 15.3. The molecule has 0 amide bonds. The number of para-hydroxylation sites is 1. The zero-order chi connectivity index (χ0) is 23.3. The molecule has 2 aromatic rings. The van der Waals surface area contributed by atoms with Crippen molar-refractivity contribution in [2.75, 3.05) is 5.32 Å². The van der Waals surface area contributed by atoms with Crippen molar-refractivity contribution in [2.24, 2.45) is 0 Å². The number of aryl methyl sites for hydroxylation is 1. The number of carboxylic acids is 1. The summed E-state index contributed by atoms with van der Waals surface area (Å²) in [6.45, 7) is 11.8. The fraction of sp³-hybridized carbons (Fsp3) is 0.185. The fourth-order valence-corrected chi connectivity index (χ4v) is 3.21. The third-order valence-electron chi connectivity index (χ3n) is 5.06. The van der Waals surface area contributed by atoms with Gasteiger partial charge in [-0.1, -0.05) is 66.3 Å². The van der Waals surface area contributed by atoms with Gasteiger partial charge in [0, 0.05) is 11.6 Å². The number of rotatable bonds is 7. The van der Waals surface area contributed by atoms with Crippen LogP contribution in [0.5, 0.6) is 0 Å². The Morgan fingerprint density at radius 1 is 1.19 bits per heavy atom. The van der Waals surface area contributed by atoms with Gasteiger partial charge < -0.3 is 10.4 Å². The van der Waals surface area contributed by atoms with E-state index in [0.717, 1.165) is 34.5 Å². The second-order valence-corrected chi connectivity index (χ2v) is 8.09. The van der Waals surface area contributed by atoms with Crippen LogP contribution in [0.1, 0.15) is 38.4 Å². The van der Waals surface area contributed by atoms with E-state index in [9.17, 15) is 9.90 Å². The van der Waals surface area contributed by atoms with Crippen molar-refractivity contribution in [2.45, 2.75) is 34.1 Å². The summed E-state index contributed by atoms with van der Waals surface area (Å²) in [5.74, 6) is -0.424. The monoisotopic (exact) mass is 427 g/mol. The Morgan fingerprint density at radius 3 is 2.62 bits per heavy atom. The van der Waals surface area contributed by atoms with E-state index in [1.807, 2.05) is 61.9 Å². The van der Waals surface area contributed by atoms with Gasteiger partial charge in [0.15, 0.2) is 0 Å². The molecule has 0 aliphatic heterocycles. The molecule has 3 rings (SSSR count). The van der Waals surface area contributed by atoms with Crippen LogP contribution in [0.2, 0.25) is 0 Å². The Balaban J connectivity index is 2.14. The lowest BCUT2D eigenvalue weighted by molar-refractivity contribution is -0.132. The average molecular weight is 428 g/mol. The minimum Gasteiger partial charge on any atom is -0.478 e. The van der Waals surface area contributed by atoms with Crippen LogP contribution < -0.4 is 5.32 Å². The highest BCUT2D eigenvalue weighted by atomic mass is 16.4. The van der Waals surface area contributed by atoms with Crippen LogP contribution in [0.25, 0.3) is 11.3 Å². The van der Waals surface area contributed by atoms with Crippen LogP contribution in [0, 0.1) is 6.92 Å². The van der Waals surface area contributed by atoms with Gasteiger partial charge in [-0.3, -0.25) is 0 Å². The van der Waals surface area contributed by atoms with Gasteiger partial charge in [-0.25, -0.2) is 9.48 Å². The molecule has 2 N–H and O–H groups in total. The Bertz CT molecular complexity index is 1200. The van der Waals surface area contributed by atoms with Gasteiger partial charge in [-0.15, -0.1) is 0 Å². The smallest absolute Gasteiger partial charge is 0.337 e.